The van der Waals surface area contributed by atoms with Crippen molar-refractivity contribution in [2.45, 2.75) is 33.2 Å². The molecule has 0 bridgehead atoms. The van der Waals surface area contributed by atoms with Gasteiger partial charge in [0.25, 0.3) is 5.91 Å². The summed E-state index contributed by atoms with van der Waals surface area (Å²) < 4.78 is 6.26. The van der Waals surface area contributed by atoms with Crippen LogP contribution in [0.25, 0.3) is 0 Å². The Morgan fingerprint density at radius 3 is 2.35 bits per heavy atom. The number of amides is 2. The summed E-state index contributed by atoms with van der Waals surface area (Å²) >= 11 is 3.39. The van der Waals surface area contributed by atoms with Crippen LogP contribution in [0.4, 0.5) is 0 Å². The zero-order valence-corrected chi connectivity index (χ0v) is 20.3. The zero-order valence-electron chi connectivity index (χ0n) is 17.9. The lowest BCUT2D eigenvalue weighted by molar-refractivity contribution is -0.130. The number of rotatable bonds is 8. The first-order valence-electron chi connectivity index (χ1n) is 10.4. The van der Waals surface area contributed by atoms with Crippen molar-refractivity contribution >= 4 is 40.2 Å². The minimum atomic E-state index is 0. The molecule has 2 heterocycles. The molecule has 1 fully saturated rings. The number of hydrogen-bond donors (Lipinski definition) is 0. The summed E-state index contributed by atoms with van der Waals surface area (Å²) in [6.45, 7) is 8.78. The topological polar surface area (TPSA) is 82.8 Å². The van der Waals surface area contributed by atoms with Gasteiger partial charge in [-0.1, -0.05) is 21.1 Å². The van der Waals surface area contributed by atoms with Gasteiger partial charge in [-0.3, -0.25) is 14.5 Å². The van der Waals surface area contributed by atoms with E-state index in [0.29, 0.717) is 62.8 Å². The first-order valence-corrected chi connectivity index (χ1v) is 11.2. The van der Waals surface area contributed by atoms with E-state index >= 15 is 0 Å². The summed E-state index contributed by atoms with van der Waals surface area (Å²) in [5.41, 5.74) is 0.703. The molecular formula is C21H29BrClN5O3. The van der Waals surface area contributed by atoms with Crippen LogP contribution in [0, 0.1) is 0 Å². The smallest absolute Gasteiger partial charge is 0.253 e. The number of carbonyl (C=O) groups is 2. The van der Waals surface area contributed by atoms with E-state index in [4.69, 9.17) is 4.52 Å². The van der Waals surface area contributed by atoms with Crippen molar-refractivity contribution in [3.8, 4) is 0 Å². The number of aryl methyl sites for hydroxylation is 1. The lowest BCUT2D eigenvalue weighted by Gasteiger charge is -2.34. The lowest BCUT2D eigenvalue weighted by Crippen LogP contribution is -2.48. The van der Waals surface area contributed by atoms with Gasteiger partial charge in [0.1, 0.15) is 0 Å². The molecule has 2 amide bonds. The van der Waals surface area contributed by atoms with E-state index in [2.05, 4.69) is 31.0 Å². The fraction of sp³-hybridized carbons (Fsp3) is 0.524. The molecule has 0 saturated carbocycles. The SMILES string of the molecule is CCN(CC)C(=O)CCc1nc(CN2CCN(C(=O)c3ccc(Br)cc3)CC2)no1.Cl. The number of aromatic nitrogens is 2. The number of benzene rings is 1. The highest BCUT2D eigenvalue weighted by Crippen LogP contribution is 2.14. The molecule has 1 saturated heterocycles. The van der Waals surface area contributed by atoms with Crippen molar-refractivity contribution in [3.05, 3.63) is 46.0 Å². The predicted molar refractivity (Wildman–Crippen MR) is 123 cm³/mol. The molecule has 8 nitrogen and oxygen atoms in total. The van der Waals surface area contributed by atoms with Crippen LogP contribution in [-0.2, 0) is 17.8 Å². The van der Waals surface area contributed by atoms with Gasteiger partial charge in [0, 0.05) is 62.1 Å². The second kappa shape index (κ2) is 12.2. The van der Waals surface area contributed by atoms with E-state index in [1.807, 2.05) is 43.0 Å². The van der Waals surface area contributed by atoms with E-state index in [-0.39, 0.29) is 24.2 Å². The van der Waals surface area contributed by atoms with Crippen LogP contribution in [0.15, 0.2) is 33.3 Å². The molecule has 0 unspecified atom stereocenters. The van der Waals surface area contributed by atoms with Crippen molar-refractivity contribution in [1.82, 2.24) is 24.8 Å². The normalized spacial score (nSPS) is 14.2. The van der Waals surface area contributed by atoms with Crippen LogP contribution in [0.2, 0.25) is 0 Å². The molecule has 0 aliphatic carbocycles. The summed E-state index contributed by atoms with van der Waals surface area (Å²) in [4.78, 5) is 35.0. The molecule has 0 spiro atoms. The first kappa shape index (κ1) is 25.3. The molecule has 31 heavy (non-hydrogen) atoms. The fourth-order valence-corrected chi connectivity index (χ4v) is 3.75. The number of carbonyl (C=O) groups excluding carboxylic acids is 2. The summed E-state index contributed by atoms with van der Waals surface area (Å²) in [5.74, 6) is 1.27. The molecule has 3 rings (SSSR count). The standard InChI is InChI=1S/C21H28BrN5O3.ClH/c1-3-26(4-2)20(28)10-9-19-23-18(24-30-19)15-25-11-13-27(14-12-25)21(29)16-5-7-17(22)8-6-16;/h5-8H,3-4,9-15H2,1-2H3;1H. The number of hydrogen-bond acceptors (Lipinski definition) is 6. The average Bonchev–Trinajstić information content (AvgIpc) is 3.21. The van der Waals surface area contributed by atoms with Gasteiger partial charge in [0.2, 0.25) is 11.8 Å². The van der Waals surface area contributed by atoms with Gasteiger partial charge < -0.3 is 14.3 Å². The van der Waals surface area contributed by atoms with Gasteiger partial charge in [-0.05, 0) is 38.1 Å². The van der Waals surface area contributed by atoms with Crippen LogP contribution in [0.3, 0.4) is 0 Å². The van der Waals surface area contributed by atoms with Crippen molar-refractivity contribution < 1.29 is 14.1 Å². The van der Waals surface area contributed by atoms with Gasteiger partial charge in [-0.2, -0.15) is 4.98 Å². The van der Waals surface area contributed by atoms with Crippen LogP contribution in [-0.4, -0.2) is 75.9 Å². The van der Waals surface area contributed by atoms with Gasteiger partial charge in [0.05, 0.1) is 6.54 Å². The molecule has 0 radical (unpaired) electrons. The minimum Gasteiger partial charge on any atom is -0.343 e. The van der Waals surface area contributed by atoms with Crippen molar-refractivity contribution in [2.75, 3.05) is 39.3 Å². The fourth-order valence-electron chi connectivity index (χ4n) is 3.49. The van der Waals surface area contributed by atoms with Crippen molar-refractivity contribution in [3.63, 3.8) is 0 Å². The lowest BCUT2D eigenvalue weighted by atomic mass is 10.2. The maximum Gasteiger partial charge on any atom is 0.253 e. The largest absolute Gasteiger partial charge is 0.343 e. The molecule has 170 valence electrons. The second-order valence-electron chi connectivity index (χ2n) is 7.25. The molecule has 2 aromatic rings. The molecule has 10 heteroatoms. The quantitative estimate of drug-likeness (QED) is 0.539. The number of piperazine rings is 1. The Bertz CT molecular complexity index is 849. The van der Waals surface area contributed by atoms with Gasteiger partial charge in [-0.25, -0.2) is 0 Å². The Morgan fingerprint density at radius 1 is 1.10 bits per heavy atom. The predicted octanol–water partition coefficient (Wildman–Crippen LogP) is 3.01. The Labute approximate surface area is 197 Å². The molecule has 1 aromatic heterocycles. The third-order valence-electron chi connectivity index (χ3n) is 5.29. The summed E-state index contributed by atoms with van der Waals surface area (Å²) in [6, 6.07) is 7.44. The molecular weight excluding hydrogens is 486 g/mol. The molecule has 1 aliphatic rings. The second-order valence-corrected chi connectivity index (χ2v) is 8.16. The molecule has 0 atom stereocenters. The van der Waals surface area contributed by atoms with Crippen LogP contribution < -0.4 is 0 Å². The average molecular weight is 515 g/mol. The van der Waals surface area contributed by atoms with Crippen molar-refractivity contribution in [2.24, 2.45) is 0 Å². The number of nitrogens with zero attached hydrogens (tertiary/aromatic N) is 5. The van der Waals surface area contributed by atoms with E-state index < -0.39 is 0 Å². The molecule has 1 aromatic carbocycles. The minimum absolute atomic E-state index is 0. The Morgan fingerprint density at radius 2 is 1.74 bits per heavy atom. The first-order chi connectivity index (χ1) is 14.5. The Hall–Kier alpha value is -1.97. The summed E-state index contributed by atoms with van der Waals surface area (Å²) in [6.07, 6.45) is 0.831. The highest BCUT2D eigenvalue weighted by atomic mass is 79.9. The Kier molecular flexibility index (Phi) is 9.93. The van der Waals surface area contributed by atoms with Crippen LogP contribution >= 0.6 is 28.3 Å². The van der Waals surface area contributed by atoms with Crippen molar-refractivity contribution in [1.29, 1.82) is 0 Å². The van der Waals surface area contributed by atoms with E-state index in [9.17, 15) is 9.59 Å². The highest BCUT2D eigenvalue weighted by molar-refractivity contribution is 9.10. The highest BCUT2D eigenvalue weighted by Gasteiger charge is 2.23. The Balaban J connectivity index is 0.00000341. The van der Waals surface area contributed by atoms with Gasteiger partial charge >= 0.3 is 0 Å². The van der Waals surface area contributed by atoms with E-state index in [1.165, 1.54) is 0 Å². The van der Waals surface area contributed by atoms with Gasteiger partial charge in [0.15, 0.2) is 5.82 Å². The van der Waals surface area contributed by atoms with Gasteiger partial charge in [-0.15, -0.1) is 12.4 Å². The van der Waals surface area contributed by atoms with Crippen LogP contribution in [0.5, 0.6) is 0 Å². The van der Waals surface area contributed by atoms with E-state index in [0.717, 1.165) is 17.6 Å². The molecule has 1 aliphatic heterocycles. The maximum absolute atomic E-state index is 12.6. The summed E-state index contributed by atoms with van der Waals surface area (Å²) in [5, 5.41) is 4.05. The third-order valence-corrected chi connectivity index (χ3v) is 5.82. The zero-order chi connectivity index (χ0) is 21.5. The monoisotopic (exact) mass is 513 g/mol. The maximum atomic E-state index is 12.6. The van der Waals surface area contributed by atoms with Crippen LogP contribution in [0.1, 0.15) is 42.3 Å². The number of halogens is 2. The van der Waals surface area contributed by atoms with E-state index in [1.54, 1.807) is 4.90 Å². The summed E-state index contributed by atoms with van der Waals surface area (Å²) in [7, 11) is 0. The molecule has 0 N–H and O–H groups in total. The third kappa shape index (κ3) is 7.02.